The molecule has 1 saturated carbocycles. The first kappa shape index (κ1) is 14.7. The lowest BCUT2D eigenvalue weighted by Gasteiger charge is -2.07. The Kier molecular flexibility index (Phi) is 3.45. The second-order valence-electron chi connectivity index (χ2n) is 6.39. The van der Waals surface area contributed by atoms with Gasteiger partial charge in [0.1, 0.15) is 5.82 Å². The maximum Gasteiger partial charge on any atom is 0.256 e. The highest BCUT2D eigenvalue weighted by atomic mass is 16.1. The number of amides is 1. The first-order valence-corrected chi connectivity index (χ1v) is 8.16. The summed E-state index contributed by atoms with van der Waals surface area (Å²) in [5.74, 6) is 0.428. The molecule has 0 spiro atoms. The summed E-state index contributed by atoms with van der Waals surface area (Å²) in [6.07, 6.45) is 6.37. The second-order valence-corrected chi connectivity index (χ2v) is 6.39. The number of aromatic nitrogens is 2. The van der Waals surface area contributed by atoms with Gasteiger partial charge in [-0.3, -0.25) is 4.79 Å². The molecule has 4 rings (SSSR count). The number of anilines is 1. The molecule has 24 heavy (non-hydrogen) atoms. The maximum atomic E-state index is 12.4. The Morgan fingerprint density at radius 2 is 1.92 bits per heavy atom. The lowest BCUT2D eigenvalue weighted by molar-refractivity contribution is 0.102. The third kappa shape index (κ3) is 2.71. The number of fused-ring (bicyclic) bond motifs is 1. The van der Waals surface area contributed by atoms with Crippen molar-refractivity contribution in [3.63, 3.8) is 0 Å². The van der Waals surface area contributed by atoms with Gasteiger partial charge in [0, 0.05) is 35.5 Å². The Morgan fingerprint density at radius 1 is 1.21 bits per heavy atom. The van der Waals surface area contributed by atoms with Crippen LogP contribution in [0.4, 0.5) is 5.82 Å². The van der Waals surface area contributed by atoms with Crippen LogP contribution < -0.4 is 5.32 Å². The van der Waals surface area contributed by atoms with E-state index < -0.39 is 0 Å². The van der Waals surface area contributed by atoms with Crippen LogP contribution in [-0.4, -0.2) is 15.5 Å². The molecular weight excluding hydrogens is 298 g/mol. The van der Waals surface area contributed by atoms with Crippen LogP contribution in [0.1, 0.15) is 41.7 Å². The van der Waals surface area contributed by atoms with E-state index in [1.807, 2.05) is 43.5 Å². The van der Waals surface area contributed by atoms with Gasteiger partial charge in [-0.15, -0.1) is 0 Å². The van der Waals surface area contributed by atoms with E-state index in [1.54, 1.807) is 0 Å². The molecule has 0 unspecified atom stereocenters. The Bertz CT molecular complexity index is 933. The van der Waals surface area contributed by atoms with E-state index in [1.165, 1.54) is 12.8 Å². The first-order chi connectivity index (χ1) is 11.6. The monoisotopic (exact) mass is 317 g/mol. The van der Waals surface area contributed by atoms with Crippen molar-refractivity contribution in [2.45, 2.75) is 25.8 Å². The van der Waals surface area contributed by atoms with Crippen molar-refractivity contribution in [3.8, 4) is 0 Å². The topological polar surface area (TPSA) is 46.9 Å². The standard InChI is InChI=1S/C20H19N3O/c1-13(2)14-3-5-15(6-4-14)20(24)22-19-11-18-16(12-21-19)9-10-23(18)17-7-8-17/h3-6,9-12,17H,1,7-8H2,2H3,(H,21,22,24). The summed E-state index contributed by atoms with van der Waals surface area (Å²) in [5, 5.41) is 3.99. The average Bonchev–Trinajstić information content (AvgIpc) is 3.34. The van der Waals surface area contributed by atoms with Crippen LogP contribution in [0.5, 0.6) is 0 Å². The number of rotatable bonds is 4. The molecule has 1 aliphatic rings. The van der Waals surface area contributed by atoms with Gasteiger partial charge in [-0.25, -0.2) is 4.98 Å². The van der Waals surface area contributed by atoms with Crippen molar-refractivity contribution < 1.29 is 4.79 Å². The highest BCUT2D eigenvalue weighted by Crippen LogP contribution is 2.37. The Labute approximate surface area is 140 Å². The van der Waals surface area contributed by atoms with Gasteiger partial charge in [0.25, 0.3) is 5.91 Å². The number of carbonyl (C=O) groups is 1. The number of carbonyl (C=O) groups excluding carboxylic acids is 1. The summed E-state index contributed by atoms with van der Waals surface area (Å²) >= 11 is 0. The Morgan fingerprint density at radius 3 is 2.58 bits per heavy atom. The van der Waals surface area contributed by atoms with E-state index in [4.69, 9.17) is 0 Å². The summed E-state index contributed by atoms with van der Waals surface area (Å²) in [5.41, 5.74) is 3.75. The molecule has 0 saturated heterocycles. The van der Waals surface area contributed by atoms with E-state index in [-0.39, 0.29) is 5.91 Å². The van der Waals surface area contributed by atoms with Crippen molar-refractivity contribution in [3.05, 3.63) is 66.5 Å². The summed E-state index contributed by atoms with van der Waals surface area (Å²) in [7, 11) is 0. The fourth-order valence-electron chi connectivity index (χ4n) is 2.88. The fraction of sp³-hybridized carbons (Fsp3) is 0.200. The number of benzene rings is 1. The zero-order valence-electron chi connectivity index (χ0n) is 13.6. The average molecular weight is 317 g/mol. The molecule has 1 aromatic carbocycles. The Balaban J connectivity index is 1.57. The summed E-state index contributed by atoms with van der Waals surface area (Å²) in [6, 6.07) is 12.1. The van der Waals surface area contributed by atoms with Crippen LogP contribution in [0.3, 0.4) is 0 Å². The van der Waals surface area contributed by atoms with Crippen molar-refractivity contribution in [2.75, 3.05) is 5.32 Å². The van der Waals surface area contributed by atoms with Crippen LogP contribution in [-0.2, 0) is 0 Å². The van der Waals surface area contributed by atoms with Gasteiger partial charge in [-0.05, 0) is 43.5 Å². The predicted octanol–water partition coefficient (Wildman–Crippen LogP) is 4.66. The number of hydrogen-bond donors (Lipinski definition) is 1. The predicted molar refractivity (Wildman–Crippen MR) is 97.1 cm³/mol. The molecule has 3 aromatic rings. The number of nitrogens with one attached hydrogen (secondary N) is 1. The molecule has 1 fully saturated rings. The Hall–Kier alpha value is -2.88. The highest BCUT2D eigenvalue weighted by Gasteiger charge is 2.24. The zero-order valence-corrected chi connectivity index (χ0v) is 13.6. The SMILES string of the molecule is C=C(C)c1ccc(C(=O)Nc2cc3c(ccn3C3CC3)cn2)cc1. The van der Waals surface area contributed by atoms with Crippen molar-refractivity contribution >= 4 is 28.2 Å². The molecule has 1 aliphatic carbocycles. The van der Waals surface area contributed by atoms with Crippen molar-refractivity contribution in [1.29, 1.82) is 0 Å². The molecule has 4 heteroatoms. The van der Waals surface area contributed by atoms with Crippen LogP contribution in [0, 0.1) is 0 Å². The van der Waals surface area contributed by atoms with Crippen LogP contribution in [0.25, 0.3) is 16.5 Å². The highest BCUT2D eigenvalue weighted by molar-refractivity contribution is 6.04. The molecular formula is C20H19N3O. The number of nitrogens with zero attached hydrogens (tertiary/aromatic N) is 2. The largest absolute Gasteiger partial charge is 0.344 e. The second kappa shape index (κ2) is 5.64. The third-order valence-electron chi connectivity index (χ3n) is 4.43. The molecule has 0 radical (unpaired) electrons. The van der Waals surface area contributed by atoms with E-state index in [0.717, 1.165) is 22.0 Å². The lowest BCUT2D eigenvalue weighted by Crippen LogP contribution is -2.13. The van der Waals surface area contributed by atoms with Gasteiger partial charge in [-0.2, -0.15) is 0 Å². The number of pyridine rings is 1. The summed E-state index contributed by atoms with van der Waals surface area (Å²) in [4.78, 5) is 16.8. The molecule has 1 amide bonds. The van der Waals surface area contributed by atoms with E-state index in [9.17, 15) is 4.79 Å². The van der Waals surface area contributed by atoms with E-state index in [2.05, 4.69) is 33.7 Å². The fourth-order valence-corrected chi connectivity index (χ4v) is 2.88. The van der Waals surface area contributed by atoms with Crippen LogP contribution in [0.2, 0.25) is 0 Å². The van der Waals surface area contributed by atoms with Gasteiger partial charge in [0.05, 0.1) is 5.52 Å². The maximum absolute atomic E-state index is 12.4. The molecule has 2 heterocycles. The molecule has 2 aromatic heterocycles. The van der Waals surface area contributed by atoms with Gasteiger partial charge in [0.15, 0.2) is 0 Å². The van der Waals surface area contributed by atoms with Gasteiger partial charge < -0.3 is 9.88 Å². The molecule has 0 bridgehead atoms. The first-order valence-electron chi connectivity index (χ1n) is 8.16. The number of hydrogen-bond acceptors (Lipinski definition) is 2. The minimum Gasteiger partial charge on any atom is -0.344 e. The summed E-state index contributed by atoms with van der Waals surface area (Å²) in [6.45, 7) is 5.85. The summed E-state index contributed by atoms with van der Waals surface area (Å²) < 4.78 is 2.27. The van der Waals surface area contributed by atoms with Gasteiger partial charge in [-0.1, -0.05) is 24.3 Å². The minimum atomic E-state index is -0.153. The molecule has 120 valence electrons. The van der Waals surface area contributed by atoms with Crippen LogP contribution >= 0.6 is 0 Å². The van der Waals surface area contributed by atoms with Crippen LogP contribution in [0.15, 0.2) is 55.4 Å². The quantitative estimate of drug-likeness (QED) is 0.761. The van der Waals surface area contributed by atoms with Gasteiger partial charge >= 0.3 is 0 Å². The number of allylic oxidation sites excluding steroid dienone is 1. The van der Waals surface area contributed by atoms with Crippen molar-refractivity contribution in [2.24, 2.45) is 0 Å². The smallest absolute Gasteiger partial charge is 0.256 e. The molecule has 0 atom stereocenters. The molecule has 0 aliphatic heterocycles. The van der Waals surface area contributed by atoms with Crippen molar-refractivity contribution in [1.82, 2.24) is 9.55 Å². The molecule has 1 N–H and O–H groups in total. The lowest BCUT2D eigenvalue weighted by atomic mass is 10.1. The van der Waals surface area contributed by atoms with Gasteiger partial charge in [0.2, 0.25) is 0 Å². The van der Waals surface area contributed by atoms with E-state index >= 15 is 0 Å². The normalized spacial score (nSPS) is 13.9. The minimum absolute atomic E-state index is 0.153. The van der Waals surface area contributed by atoms with E-state index in [0.29, 0.717) is 17.4 Å². The third-order valence-corrected chi connectivity index (χ3v) is 4.43. The zero-order chi connectivity index (χ0) is 16.7. The molecule has 4 nitrogen and oxygen atoms in total.